The zero-order valence-corrected chi connectivity index (χ0v) is 32.1. The van der Waals surface area contributed by atoms with Crippen LogP contribution in [0.1, 0.15) is 25.0 Å². The summed E-state index contributed by atoms with van der Waals surface area (Å²) in [4.78, 5) is 15.2. The van der Waals surface area contributed by atoms with E-state index in [1.807, 2.05) is 66.7 Å². The smallest absolute Gasteiger partial charge is 0.164 e. The van der Waals surface area contributed by atoms with Crippen LogP contribution in [0.3, 0.4) is 0 Å². The minimum absolute atomic E-state index is 0.0966. The second kappa shape index (κ2) is 13.4. The first-order valence-electron chi connectivity index (χ1n) is 19.8. The molecule has 0 radical (unpaired) electrons. The van der Waals surface area contributed by atoms with Gasteiger partial charge in [0, 0.05) is 44.0 Å². The van der Waals surface area contributed by atoms with E-state index >= 15 is 0 Å². The molecule has 1 aliphatic carbocycles. The van der Waals surface area contributed by atoms with Gasteiger partial charge in [0.15, 0.2) is 17.5 Å². The van der Waals surface area contributed by atoms with E-state index in [4.69, 9.17) is 19.4 Å². The van der Waals surface area contributed by atoms with Crippen molar-refractivity contribution in [2.45, 2.75) is 19.3 Å². The van der Waals surface area contributed by atoms with Crippen LogP contribution in [0.15, 0.2) is 192 Å². The summed E-state index contributed by atoms with van der Waals surface area (Å²) in [5.74, 6) is 1.86. The highest BCUT2D eigenvalue weighted by Crippen LogP contribution is 2.50. The molecule has 0 saturated heterocycles. The zero-order chi connectivity index (χ0) is 38.8. The highest BCUT2D eigenvalue weighted by Gasteiger charge is 2.35. The largest absolute Gasteiger partial charge is 0.455 e. The fraction of sp³-hybridized carbons (Fsp3) is 0.0556. The van der Waals surface area contributed by atoms with Crippen molar-refractivity contribution in [1.29, 1.82) is 0 Å². The lowest BCUT2D eigenvalue weighted by molar-refractivity contribution is 0.660. The predicted octanol–water partition coefficient (Wildman–Crippen LogP) is 14.1. The Bertz CT molecular complexity index is 3130. The molecule has 2 aromatic heterocycles. The highest BCUT2D eigenvalue weighted by atomic mass is 16.3. The molecule has 1 aliphatic rings. The van der Waals surface area contributed by atoms with Crippen LogP contribution in [0.2, 0.25) is 0 Å². The van der Waals surface area contributed by atoms with Gasteiger partial charge in [-0.15, -0.1) is 0 Å². The molecule has 4 nitrogen and oxygen atoms in total. The van der Waals surface area contributed by atoms with Crippen LogP contribution >= 0.6 is 0 Å². The second-order valence-corrected chi connectivity index (χ2v) is 15.6. The number of para-hydroxylation sites is 2. The number of nitrogens with zero attached hydrogens (tertiary/aromatic N) is 3. The summed E-state index contributed by atoms with van der Waals surface area (Å²) in [6.07, 6.45) is 0. The van der Waals surface area contributed by atoms with Crippen molar-refractivity contribution in [1.82, 2.24) is 15.0 Å². The maximum absolute atomic E-state index is 7.06. The van der Waals surface area contributed by atoms with Gasteiger partial charge in [-0.1, -0.05) is 178 Å². The van der Waals surface area contributed by atoms with Crippen LogP contribution in [-0.2, 0) is 5.41 Å². The first-order chi connectivity index (χ1) is 28.5. The molecule has 0 aliphatic heterocycles. The van der Waals surface area contributed by atoms with Gasteiger partial charge in [-0.05, 0) is 68.8 Å². The molecule has 0 N–H and O–H groups in total. The number of aromatic nitrogens is 3. The molecule has 274 valence electrons. The van der Waals surface area contributed by atoms with Crippen LogP contribution < -0.4 is 0 Å². The number of furan rings is 1. The fourth-order valence-electron chi connectivity index (χ4n) is 8.79. The molecular formula is C54H37N3O. The molecule has 58 heavy (non-hydrogen) atoms. The molecule has 8 aromatic carbocycles. The predicted molar refractivity (Wildman–Crippen MR) is 237 cm³/mol. The molecule has 0 bridgehead atoms. The summed E-state index contributed by atoms with van der Waals surface area (Å²) < 4.78 is 7.06. The maximum atomic E-state index is 7.06. The first-order valence-corrected chi connectivity index (χ1v) is 19.8. The van der Waals surface area contributed by atoms with Crippen LogP contribution in [0.5, 0.6) is 0 Å². The maximum Gasteiger partial charge on any atom is 0.164 e. The summed E-state index contributed by atoms with van der Waals surface area (Å²) in [7, 11) is 0. The summed E-state index contributed by atoms with van der Waals surface area (Å²) in [6.45, 7) is 4.66. The molecular weight excluding hydrogens is 707 g/mol. The topological polar surface area (TPSA) is 51.8 Å². The van der Waals surface area contributed by atoms with Gasteiger partial charge in [0.25, 0.3) is 0 Å². The van der Waals surface area contributed by atoms with Gasteiger partial charge < -0.3 is 4.42 Å². The second-order valence-electron chi connectivity index (χ2n) is 15.6. The molecule has 0 fully saturated rings. The van der Waals surface area contributed by atoms with E-state index in [2.05, 4.69) is 135 Å². The summed E-state index contributed by atoms with van der Waals surface area (Å²) in [5.41, 5.74) is 16.2. The standard InChI is InChI=1S/C54H37N3O/c1-54(2)47-27-13-12-22-43(47)44-29-28-37(33-48(44)54)41-23-14-25-45-46-26-15-24-42(50(46)58-49(41)45)39-30-38(34-16-6-3-7-17-34)31-40(32-39)53-56-51(35-18-8-4-9-19-35)55-52(57-53)36-20-10-5-11-21-36/h3-33H,1-2H3. The van der Waals surface area contributed by atoms with E-state index in [1.54, 1.807) is 0 Å². The van der Waals surface area contributed by atoms with Crippen molar-refractivity contribution < 1.29 is 4.42 Å². The van der Waals surface area contributed by atoms with E-state index in [0.717, 1.165) is 72.0 Å². The van der Waals surface area contributed by atoms with Gasteiger partial charge in [-0.25, -0.2) is 15.0 Å². The highest BCUT2D eigenvalue weighted by molar-refractivity contribution is 6.13. The van der Waals surface area contributed by atoms with Crippen LogP contribution in [-0.4, -0.2) is 15.0 Å². The Balaban J connectivity index is 1.10. The summed E-state index contributed by atoms with van der Waals surface area (Å²) in [5, 5.41) is 2.17. The van der Waals surface area contributed by atoms with E-state index in [-0.39, 0.29) is 5.41 Å². The number of hydrogen-bond donors (Lipinski definition) is 0. The molecule has 11 rings (SSSR count). The van der Waals surface area contributed by atoms with Crippen molar-refractivity contribution >= 4 is 21.9 Å². The zero-order valence-electron chi connectivity index (χ0n) is 32.1. The van der Waals surface area contributed by atoms with Crippen molar-refractivity contribution in [2.24, 2.45) is 0 Å². The third-order valence-corrected chi connectivity index (χ3v) is 11.7. The van der Waals surface area contributed by atoms with Gasteiger partial charge in [0.05, 0.1) is 0 Å². The third-order valence-electron chi connectivity index (χ3n) is 11.7. The Labute approximate surface area is 337 Å². The van der Waals surface area contributed by atoms with E-state index < -0.39 is 0 Å². The van der Waals surface area contributed by atoms with Crippen LogP contribution in [0.4, 0.5) is 0 Å². The van der Waals surface area contributed by atoms with Gasteiger partial charge in [0.2, 0.25) is 0 Å². The SMILES string of the molecule is CC1(C)c2ccccc2-c2ccc(-c3cccc4c3oc3c(-c5cc(-c6ccccc6)cc(-c6nc(-c7ccccc7)nc(-c7ccccc7)n6)c5)cccc34)cc21. The van der Waals surface area contributed by atoms with Gasteiger partial charge in [-0.3, -0.25) is 0 Å². The Kier molecular flexibility index (Phi) is 7.80. The minimum atomic E-state index is -0.0966. The molecule has 0 spiro atoms. The molecule has 4 heteroatoms. The van der Waals surface area contributed by atoms with Crippen molar-refractivity contribution in [3.05, 3.63) is 199 Å². The lowest BCUT2D eigenvalue weighted by Crippen LogP contribution is -2.14. The number of hydrogen-bond acceptors (Lipinski definition) is 4. The quantitative estimate of drug-likeness (QED) is 0.170. The molecule has 0 amide bonds. The first kappa shape index (κ1) is 33.9. The molecule has 0 unspecified atom stereocenters. The van der Waals surface area contributed by atoms with Gasteiger partial charge in [-0.2, -0.15) is 0 Å². The molecule has 2 heterocycles. The number of benzene rings is 8. The summed E-state index contributed by atoms with van der Waals surface area (Å²) >= 11 is 0. The van der Waals surface area contributed by atoms with E-state index in [9.17, 15) is 0 Å². The third kappa shape index (κ3) is 5.56. The lowest BCUT2D eigenvalue weighted by Gasteiger charge is -2.22. The van der Waals surface area contributed by atoms with Crippen LogP contribution in [0.25, 0.3) is 101 Å². The monoisotopic (exact) mass is 743 g/mol. The van der Waals surface area contributed by atoms with Gasteiger partial charge >= 0.3 is 0 Å². The Hall–Kier alpha value is -7.43. The van der Waals surface area contributed by atoms with Crippen molar-refractivity contribution in [3.8, 4) is 78.7 Å². The van der Waals surface area contributed by atoms with Crippen molar-refractivity contribution in [3.63, 3.8) is 0 Å². The van der Waals surface area contributed by atoms with Crippen LogP contribution in [0, 0.1) is 0 Å². The number of fused-ring (bicyclic) bond motifs is 6. The molecule has 0 atom stereocenters. The van der Waals surface area contributed by atoms with E-state index in [1.165, 1.54) is 22.3 Å². The summed E-state index contributed by atoms with van der Waals surface area (Å²) in [6, 6.07) is 66.0. The number of rotatable bonds is 6. The van der Waals surface area contributed by atoms with Crippen molar-refractivity contribution in [2.75, 3.05) is 0 Å². The van der Waals surface area contributed by atoms with E-state index in [0.29, 0.717) is 17.5 Å². The minimum Gasteiger partial charge on any atom is -0.455 e. The molecule has 0 saturated carbocycles. The average Bonchev–Trinajstić information content (AvgIpc) is 3.79. The lowest BCUT2D eigenvalue weighted by atomic mass is 9.81. The Morgan fingerprint density at radius 1 is 0.328 bits per heavy atom. The Morgan fingerprint density at radius 2 is 0.793 bits per heavy atom. The normalized spacial score (nSPS) is 12.8. The Morgan fingerprint density at radius 3 is 1.41 bits per heavy atom. The molecule has 10 aromatic rings. The van der Waals surface area contributed by atoms with Gasteiger partial charge in [0.1, 0.15) is 11.2 Å². The average molecular weight is 744 g/mol. The fourth-order valence-corrected chi connectivity index (χ4v) is 8.79.